The Kier molecular flexibility index (Phi) is 4.58. The highest BCUT2D eigenvalue weighted by Gasteiger charge is 2.61. The Bertz CT molecular complexity index is 1030. The minimum absolute atomic E-state index is 0.205. The summed E-state index contributed by atoms with van der Waals surface area (Å²) in [5.74, 6) is 0.293. The van der Waals surface area contributed by atoms with Gasteiger partial charge in [-0.3, -0.25) is 9.59 Å². The second-order valence-corrected chi connectivity index (χ2v) is 12.3. The fourth-order valence-corrected chi connectivity index (χ4v) is 8.80. The zero-order chi connectivity index (χ0) is 22.1. The third kappa shape index (κ3) is 3.30. The molecule has 0 saturated heterocycles. The van der Waals surface area contributed by atoms with Gasteiger partial charge >= 0.3 is 0 Å². The van der Waals surface area contributed by atoms with Crippen molar-refractivity contribution in [2.75, 3.05) is 0 Å². The molecule has 5 fully saturated rings. The number of carbonyl (C=O) groups is 2. The van der Waals surface area contributed by atoms with E-state index in [0.29, 0.717) is 36.7 Å². The number of rotatable bonds is 6. The average molecular weight is 446 g/mol. The van der Waals surface area contributed by atoms with E-state index in [4.69, 9.17) is 5.73 Å². The van der Waals surface area contributed by atoms with Crippen LogP contribution in [-0.4, -0.2) is 31.3 Å². The molecule has 4 N–H and O–H groups in total. The van der Waals surface area contributed by atoms with Gasteiger partial charge in [0.1, 0.15) is 5.54 Å². The Hall–Kier alpha value is -1.93. The highest BCUT2D eigenvalue weighted by molar-refractivity contribution is 7.89. The van der Waals surface area contributed by atoms with Crippen LogP contribution in [0.3, 0.4) is 0 Å². The van der Waals surface area contributed by atoms with Gasteiger partial charge in [0.15, 0.2) is 0 Å². The van der Waals surface area contributed by atoms with E-state index in [0.717, 1.165) is 38.5 Å². The van der Waals surface area contributed by atoms with E-state index in [9.17, 15) is 18.0 Å². The third-order valence-corrected chi connectivity index (χ3v) is 10.0. The summed E-state index contributed by atoms with van der Waals surface area (Å²) < 4.78 is 29.0. The van der Waals surface area contributed by atoms with E-state index < -0.39 is 26.5 Å². The number of amides is 2. The molecule has 0 aliphatic heterocycles. The van der Waals surface area contributed by atoms with Gasteiger partial charge in [0, 0.05) is 5.54 Å². The maximum Gasteiger partial charge on any atom is 0.241 e. The summed E-state index contributed by atoms with van der Waals surface area (Å²) >= 11 is 0. The summed E-state index contributed by atoms with van der Waals surface area (Å²) in [6.07, 6.45) is 6.78. The van der Waals surface area contributed by atoms with Gasteiger partial charge in [0.05, 0.1) is 10.3 Å². The van der Waals surface area contributed by atoms with Gasteiger partial charge < -0.3 is 11.1 Å². The number of nitrogens with two attached hydrogens (primary N) is 1. The van der Waals surface area contributed by atoms with E-state index in [2.05, 4.69) is 10.0 Å². The summed E-state index contributed by atoms with van der Waals surface area (Å²) in [4.78, 5) is 26.1. The molecule has 5 aliphatic carbocycles. The molecule has 0 radical (unpaired) electrons. The molecule has 1 aromatic carbocycles. The maximum atomic E-state index is 13.5. The van der Waals surface area contributed by atoms with Gasteiger partial charge in [-0.1, -0.05) is 18.2 Å². The predicted octanol–water partition coefficient (Wildman–Crippen LogP) is 2.14. The second kappa shape index (κ2) is 6.78. The number of primary amides is 1. The molecule has 168 valence electrons. The van der Waals surface area contributed by atoms with E-state index in [1.165, 1.54) is 0 Å². The number of sulfonamides is 1. The molecule has 5 saturated carbocycles. The Labute approximate surface area is 183 Å². The van der Waals surface area contributed by atoms with Crippen molar-refractivity contribution in [2.45, 2.75) is 80.7 Å². The number of nitrogens with one attached hydrogen (secondary N) is 2. The number of hydrogen-bond donors (Lipinski definition) is 3. The van der Waals surface area contributed by atoms with Crippen LogP contribution in [-0.2, 0) is 19.6 Å². The fraction of sp³-hybridized carbons (Fsp3) is 0.652. The van der Waals surface area contributed by atoms with E-state index in [1.807, 2.05) is 0 Å². The summed E-state index contributed by atoms with van der Waals surface area (Å²) in [6.45, 7) is 1.75. The van der Waals surface area contributed by atoms with Crippen molar-refractivity contribution in [3.8, 4) is 0 Å². The zero-order valence-electron chi connectivity index (χ0n) is 17.9. The van der Waals surface area contributed by atoms with E-state index in [-0.39, 0.29) is 16.7 Å². The lowest BCUT2D eigenvalue weighted by molar-refractivity contribution is -0.152. The molecule has 5 aliphatic rings. The van der Waals surface area contributed by atoms with Gasteiger partial charge in [-0.25, -0.2) is 8.42 Å². The predicted molar refractivity (Wildman–Crippen MR) is 115 cm³/mol. The van der Waals surface area contributed by atoms with Crippen LogP contribution in [0, 0.1) is 24.2 Å². The van der Waals surface area contributed by atoms with Crippen LogP contribution in [0.25, 0.3) is 0 Å². The molecule has 6 rings (SSSR count). The van der Waals surface area contributed by atoms with Crippen LogP contribution in [0.2, 0.25) is 0 Å². The molecular formula is C23H31N3O4S. The summed E-state index contributed by atoms with van der Waals surface area (Å²) in [6, 6.07) is 6.80. The van der Waals surface area contributed by atoms with Gasteiger partial charge in [0.2, 0.25) is 21.8 Å². The molecule has 0 spiro atoms. The van der Waals surface area contributed by atoms with Gasteiger partial charge in [-0.15, -0.1) is 0 Å². The molecular weight excluding hydrogens is 414 g/mol. The Balaban J connectivity index is 1.39. The molecule has 2 amide bonds. The quantitative estimate of drug-likeness (QED) is 0.621. The van der Waals surface area contributed by atoms with E-state index >= 15 is 0 Å². The minimum atomic E-state index is -3.83. The molecule has 0 heterocycles. The number of carbonyl (C=O) groups excluding carboxylic acids is 2. The van der Waals surface area contributed by atoms with Crippen LogP contribution < -0.4 is 15.8 Å². The average Bonchev–Trinajstić information content (AvgIpc) is 2.63. The number of hydrogen-bond acceptors (Lipinski definition) is 4. The first-order valence-electron chi connectivity index (χ1n) is 11.3. The minimum Gasteiger partial charge on any atom is -0.369 e. The van der Waals surface area contributed by atoms with Crippen LogP contribution >= 0.6 is 0 Å². The van der Waals surface area contributed by atoms with Crippen LogP contribution in [0.15, 0.2) is 29.2 Å². The van der Waals surface area contributed by atoms with E-state index in [1.54, 1.807) is 31.2 Å². The summed E-state index contributed by atoms with van der Waals surface area (Å²) in [5, 5.41) is 3.26. The fourth-order valence-electron chi connectivity index (χ4n) is 7.13. The highest BCUT2D eigenvalue weighted by atomic mass is 32.2. The topological polar surface area (TPSA) is 118 Å². The highest BCUT2D eigenvalue weighted by Crippen LogP contribution is 2.61. The van der Waals surface area contributed by atoms with Crippen molar-refractivity contribution in [1.29, 1.82) is 0 Å². The molecule has 0 aromatic heterocycles. The van der Waals surface area contributed by atoms with Gasteiger partial charge in [0.25, 0.3) is 0 Å². The molecule has 8 heteroatoms. The SMILES string of the molecule is Cc1ccccc1S(=O)(=O)NC1(C(=O)NC23CC4CC(C2)CC(C(N)=O)(C4)C3)CCC1. The normalized spacial score (nSPS) is 35.4. The molecule has 7 nitrogen and oxygen atoms in total. The summed E-state index contributed by atoms with van der Waals surface area (Å²) in [5.41, 5.74) is 4.38. The van der Waals surface area contributed by atoms with Gasteiger partial charge in [-0.05, 0) is 88.2 Å². The monoisotopic (exact) mass is 445 g/mol. The second-order valence-electron chi connectivity index (χ2n) is 10.6. The first-order valence-corrected chi connectivity index (χ1v) is 12.8. The van der Waals surface area contributed by atoms with Crippen molar-refractivity contribution in [3.05, 3.63) is 29.8 Å². The molecule has 2 unspecified atom stereocenters. The van der Waals surface area contributed by atoms with Crippen molar-refractivity contribution in [3.63, 3.8) is 0 Å². The third-order valence-electron chi connectivity index (χ3n) is 8.32. The molecule has 31 heavy (non-hydrogen) atoms. The first kappa shape index (κ1) is 20.9. The molecule has 1 aromatic rings. The Morgan fingerprint density at radius 2 is 1.71 bits per heavy atom. The van der Waals surface area contributed by atoms with Crippen LogP contribution in [0.1, 0.15) is 63.4 Å². The van der Waals surface area contributed by atoms with Crippen molar-refractivity contribution in [2.24, 2.45) is 23.0 Å². The number of aryl methyl sites for hydroxylation is 1. The summed E-state index contributed by atoms with van der Waals surface area (Å²) in [7, 11) is -3.83. The van der Waals surface area contributed by atoms with Crippen LogP contribution in [0.4, 0.5) is 0 Å². The number of benzene rings is 1. The maximum absolute atomic E-state index is 13.5. The Morgan fingerprint density at radius 1 is 1.06 bits per heavy atom. The van der Waals surface area contributed by atoms with Crippen molar-refractivity contribution in [1.82, 2.24) is 10.0 Å². The first-order chi connectivity index (χ1) is 14.6. The lowest BCUT2D eigenvalue weighted by Gasteiger charge is -2.61. The smallest absolute Gasteiger partial charge is 0.241 e. The van der Waals surface area contributed by atoms with Crippen molar-refractivity contribution >= 4 is 21.8 Å². The zero-order valence-corrected chi connectivity index (χ0v) is 18.8. The molecule has 2 atom stereocenters. The van der Waals surface area contributed by atoms with Gasteiger partial charge in [-0.2, -0.15) is 4.72 Å². The standard InChI is InChI=1S/C23H31N3O4S/c1-15-5-2-3-6-18(15)31(29,30)26-23(7-4-8-23)20(28)25-22-12-16-9-17(13-22)11-21(10-16,14-22)19(24)27/h2-3,5-6,16-17,26H,4,7-14H2,1H3,(H2,24,27)(H,25,28). The van der Waals surface area contributed by atoms with Crippen LogP contribution in [0.5, 0.6) is 0 Å². The molecule has 4 bridgehead atoms. The van der Waals surface area contributed by atoms with Crippen molar-refractivity contribution < 1.29 is 18.0 Å². The lowest BCUT2D eigenvalue weighted by Crippen LogP contribution is -2.70. The Morgan fingerprint density at radius 3 is 2.26 bits per heavy atom. The lowest BCUT2D eigenvalue weighted by atomic mass is 9.46. The largest absolute Gasteiger partial charge is 0.369 e.